The maximum absolute atomic E-state index is 12.9. The van der Waals surface area contributed by atoms with Gasteiger partial charge in [0.15, 0.2) is 5.71 Å². The van der Waals surface area contributed by atoms with Crippen molar-refractivity contribution in [3.05, 3.63) is 30.1 Å². The third-order valence-corrected chi connectivity index (χ3v) is 1.98. The molecule has 1 N–H and O–H groups in total. The number of anilines is 1. The minimum absolute atomic E-state index is 0.0285. The van der Waals surface area contributed by atoms with E-state index in [2.05, 4.69) is 10.2 Å². The van der Waals surface area contributed by atoms with Crippen LogP contribution in [0.25, 0.3) is 0 Å². The molecule has 0 saturated heterocycles. The number of halogens is 1. The van der Waals surface area contributed by atoms with Gasteiger partial charge < -0.3 is 5.11 Å². The molecule has 16 heavy (non-hydrogen) atoms. The van der Waals surface area contributed by atoms with Crippen molar-refractivity contribution in [3.63, 3.8) is 0 Å². The molecule has 0 atom stereocenters. The Morgan fingerprint density at radius 2 is 2.31 bits per heavy atom. The van der Waals surface area contributed by atoms with Gasteiger partial charge in [0.2, 0.25) is 0 Å². The molecular weight excluding hydrogens is 213 g/mol. The Labute approximate surface area is 90.5 Å². The lowest BCUT2D eigenvalue weighted by Crippen LogP contribution is -2.23. The summed E-state index contributed by atoms with van der Waals surface area (Å²) in [6.07, 6.45) is 1.59. The molecule has 1 aromatic carbocycles. The highest BCUT2D eigenvalue weighted by Gasteiger charge is 2.15. The first-order valence-electron chi connectivity index (χ1n) is 4.56. The third-order valence-electron chi connectivity index (χ3n) is 1.98. The number of aliphatic carboxylic acids is 1. The van der Waals surface area contributed by atoms with E-state index in [4.69, 9.17) is 5.11 Å². The zero-order valence-electron chi connectivity index (χ0n) is 8.17. The fourth-order valence-electron chi connectivity index (χ4n) is 1.24. The fraction of sp³-hybridized carbons (Fsp3) is 0.100. The van der Waals surface area contributed by atoms with E-state index in [1.54, 1.807) is 6.07 Å². The van der Waals surface area contributed by atoms with Crippen LogP contribution in [-0.2, 0) is 4.79 Å². The highest BCUT2D eigenvalue weighted by Crippen LogP contribution is 2.18. The van der Waals surface area contributed by atoms with Gasteiger partial charge >= 0.3 is 5.97 Å². The van der Waals surface area contributed by atoms with E-state index in [0.29, 0.717) is 5.69 Å². The second-order valence-corrected chi connectivity index (χ2v) is 3.12. The Morgan fingerprint density at radius 3 is 3.00 bits per heavy atom. The maximum atomic E-state index is 12.9. The van der Waals surface area contributed by atoms with Gasteiger partial charge in [0, 0.05) is 18.7 Å². The Bertz CT molecular complexity index is 485. The molecule has 1 aliphatic rings. The molecule has 1 aromatic rings. The minimum atomic E-state index is -1.10. The molecule has 0 spiro atoms. The highest BCUT2D eigenvalue weighted by molar-refractivity contribution is 6.38. The number of carbonyl (C=O) groups is 1. The number of rotatable bonds is 2. The second-order valence-electron chi connectivity index (χ2n) is 3.12. The van der Waals surface area contributed by atoms with E-state index in [9.17, 15) is 9.18 Å². The average Bonchev–Trinajstić information content (AvgIpc) is 2.29. The molecule has 5 nitrogen and oxygen atoms in total. The summed E-state index contributed by atoms with van der Waals surface area (Å²) in [5.41, 5.74) is 0.356. The van der Waals surface area contributed by atoms with E-state index in [0.717, 1.165) is 5.12 Å². The number of hydrogen-bond acceptors (Lipinski definition) is 4. The lowest BCUT2D eigenvalue weighted by Gasteiger charge is -2.16. The molecule has 0 amide bonds. The summed E-state index contributed by atoms with van der Waals surface area (Å²) in [5.74, 6) is -1.53. The standard InChI is InChI=1S/C10H8FN3O2/c11-7-2-1-3-8(6-7)14-12-5-4-9(13-14)10(15)16/h1-3,5-6H,4H2,(H,15,16). The Kier molecular flexibility index (Phi) is 2.63. The topological polar surface area (TPSA) is 65.3 Å². The van der Waals surface area contributed by atoms with Crippen LogP contribution in [0.1, 0.15) is 6.42 Å². The van der Waals surface area contributed by atoms with Gasteiger partial charge in [0.1, 0.15) is 5.82 Å². The molecule has 2 rings (SSSR count). The largest absolute Gasteiger partial charge is 0.477 e. The molecule has 0 aromatic heterocycles. The van der Waals surface area contributed by atoms with Gasteiger partial charge in [-0.2, -0.15) is 10.2 Å². The second kappa shape index (κ2) is 4.09. The maximum Gasteiger partial charge on any atom is 0.352 e. The molecule has 0 saturated carbocycles. The van der Waals surface area contributed by atoms with E-state index in [-0.39, 0.29) is 12.1 Å². The number of hydrogen-bond donors (Lipinski definition) is 1. The van der Waals surface area contributed by atoms with Crippen molar-refractivity contribution >= 4 is 23.6 Å². The monoisotopic (exact) mass is 221 g/mol. The summed E-state index contributed by atoms with van der Waals surface area (Å²) < 4.78 is 12.9. The zero-order valence-corrected chi connectivity index (χ0v) is 8.17. The van der Waals surface area contributed by atoms with Gasteiger partial charge in [0.05, 0.1) is 5.69 Å². The minimum Gasteiger partial charge on any atom is -0.477 e. The lowest BCUT2D eigenvalue weighted by molar-refractivity contribution is -0.129. The molecule has 0 unspecified atom stereocenters. The van der Waals surface area contributed by atoms with Crippen LogP contribution in [0.15, 0.2) is 34.5 Å². The molecule has 1 heterocycles. The predicted molar refractivity (Wildman–Crippen MR) is 57.1 cm³/mol. The Hall–Kier alpha value is -2.24. The van der Waals surface area contributed by atoms with Crippen LogP contribution < -0.4 is 5.12 Å². The predicted octanol–water partition coefficient (Wildman–Crippen LogP) is 1.46. The first kappa shape index (κ1) is 10.3. The van der Waals surface area contributed by atoms with Crippen molar-refractivity contribution in [2.24, 2.45) is 10.2 Å². The first-order valence-corrected chi connectivity index (χ1v) is 4.56. The summed E-state index contributed by atoms with van der Waals surface area (Å²) >= 11 is 0. The quantitative estimate of drug-likeness (QED) is 0.822. The van der Waals surface area contributed by atoms with Crippen LogP contribution in [0.5, 0.6) is 0 Å². The summed E-state index contributed by atoms with van der Waals surface area (Å²) in [5, 5.41) is 17.5. The van der Waals surface area contributed by atoms with Gasteiger partial charge in [-0.3, -0.25) is 0 Å². The van der Waals surface area contributed by atoms with Crippen molar-refractivity contribution in [1.82, 2.24) is 0 Å². The van der Waals surface area contributed by atoms with Gasteiger partial charge in [-0.15, -0.1) is 5.10 Å². The molecule has 0 bridgehead atoms. The van der Waals surface area contributed by atoms with Crippen LogP contribution in [0.2, 0.25) is 0 Å². The van der Waals surface area contributed by atoms with Gasteiger partial charge in [0.25, 0.3) is 0 Å². The summed E-state index contributed by atoms with van der Waals surface area (Å²) in [7, 11) is 0. The van der Waals surface area contributed by atoms with Crippen molar-refractivity contribution < 1.29 is 14.3 Å². The van der Waals surface area contributed by atoms with Gasteiger partial charge in [-0.1, -0.05) is 6.07 Å². The van der Waals surface area contributed by atoms with Gasteiger partial charge in [-0.25, -0.2) is 9.18 Å². The van der Waals surface area contributed by atoms with Crippen LogP contribution in [-0.4, -0.2) is 23.0 Å². The van der Waals surface area contributed by atoms with Crippen molar-refractivity contribution in [2.75, 3.05) is 5.12 Å². The fourth-order valence-corrected chi connectivity index (χ4v) is 1.24. The number of carboxylic acids is 1. The molecular formula is C10H8FN3O2. The number of benzene rings is 1. The Morgan fingerprint density at radius 1 is 1.50 bits per heavy atom. The smallest absolute Gasteiger partial charge is 0.352 e. The average molecular weight is 221 g/mol. The van der Waals surface area contributed by atoms with E-state index < -0.39 is 11.8 Å². The lowest BCUT2D eigenvalue weighted by atomic mass is 10.3. The van der Waals surface area contributed by atoms with Crippen molar-refractivity contribution in [2.45, 2.75) is 6.42 Å². The summed E-state index contributed by atoms with van der Waals surface area (Å²) in [4.78, 5) is 10.7. The molecule has 0 aliphatic carbocycles. The molecule has 82 valence electrons. The van der Waals surface area contributed by atoms with Crippen LogP contribution in [0, 0.1) is 5.82 Å². The van der Waals surface area contributed by atoms with Crippen LogP contribution in [0.4, 0.5) is 10.1 Å². The number of carboxylic acid groups (broad SMARTS) is 1. The van der Waals surface area contributed by atoms with Crippen molar-refractivity contribution in [1.29, 1.82) is 0 Å². The molecule has 6 heteroatoms. The van der Waals surface area contributed by atoms with E-state index in [1.165, 1.54) is 24.4 Å². The SMILES string of the molecule is O=C(O)C1=NN(c2cccc(F)c2)N=CC1. The first-order chi connectivity index (χ1) is 7.66. The van der Waals surface area contributed by atoms with Gasteiger partial charge in [-0.05, 0) is 12.1 Å². The molecule has 1 aliphatic heterocycles. The van der Waals surface area contributed by atoms with Crippen LogP contribution in [0.3, 0.4) is 0 Å². The Balaban J connectivity index is 2.31. The normalized spacial score (nSPS) is 14.8. The van der Waals surface area contributed by atoms with Crippen molar-refractivity contribution in [3.8, 4) is 0 Å². The molecule has 0 radical (unpaired) electrons. The van der Waals surface area contributed by atoms with Crippen LogP contribution >= 0.6 is 0 Å². The highest BCUT2D eigenvalue weighted by atomic mass is 19.1. The molecule has 0 fully saturated rings. The zero-order chi connectivity index (χ0) is 11.5. The summed E-state index contributed by atoms with van der Waals surface area (Å²) in [6.45, 7) is 0. The van der Waals surface area contributed by atoms with E-state index in [1.807, 2.05) is 0 Å². The summed E-state index contributed by atoms with van der Waals surface area (Å²) in [6, 6.07) is 5.62. The number of nitrogens with zero attached hydrogens (tertiary/aromatic N) is 3. The van der Waals surface area contributed by atoms with E-state index >= 15 is 0 Å². The number of hydrazone groups is 2. The third kappa shape index (κ3) is 2.05.